The zero-order chi connectivity index (χ0) is 13.0. The average molecular weight is 242 g/mol. The molecule has 2 aromatic rings. The van der Waals surface area contributed by atoms with Crippen molar-refractivity contribution in [2.75, 3.05) is 10.6 Å². The number of fused-ring (bicyclic) bond motifs is 2. The number of phenols is 1. The van der Waals surface area contributed by atoms with Gasteiger partial charge in [0.15, 0.2) is 0 Å². The van der Waals surface area contributed by atoms with Crippen LogP contribution in [0.25, 0.3) is 0 Å². The van der Waals surface area contributed by atoms with Crippen LogP contribution in [0.4, 0.5) is 17.1 Å². The summed E-state index contributed by atoms with van der Waals surface area (Å²) in [5, 5.41) is 16.1. The maximum atomic E-state index is 9.43. The minimum atomic E-state index is 0.277. The van der Waals surface area contributed by atoms with Crippen LogP contribution in [0, 0.1) is 0 Å². The van der Waals surface area contributed by atoms with Crippen LogP contribution in [0.5, 0.6) is 5.75 Å². The quantitative estimate of drug-likeness (QED) is 0.610. The fourth-order valence-corrected chi connectivity index (χ4v) is 1.92. The number of benzene rings is 2. The molecule has 94 valence electrons. The van der Waals surface area contributed by atoms with Crippen molar-refractivity contribution in [2.24, 2.45) is 0 Å². The molecule has 1 aliphatic heterocycles. The van der Waals surface area contributed by atoms with E-state index in [0.29, 0.717) is 0 Å². The van der Waals surface area contributed by atoms with Gasteiger partial charge in [-0.3, -0.25) is 0 Å². The molecule has 0 radical (unpaired) electrons. The third-order valence-corrected chi connectivity index (χ3v) is 2.76. The Hall–Kier alpha value is -2.16. The van der Waals surface area contributed by atoms with Crippen molar-refractivity contribution < 1.29 is 5.11 Å². The van der Waals surface area contributed by atoms with Crippen LogP contribution in [-0.2, 0) is 6.54 Å². The molecular weight excluding hydrogens is 224 g/mol. The first-order valence-electron chi connectivity index (χ1n) is 6.25. The number of nitrogens with one attached hydrogen (secondary N) is 2. The molecule has 0 aromatic heterocycles. The standard InChI is InChI=1S/C13H12N2O.C2H6/c16-10-5-6-12-13(7-10)14-8-9-3-1-2-4-11(9)15-12;1-2/h1-7,14-16H,8H2;1-2H3. The van der Waals surface area contributed by atoms with E-state index in [1.807, 2.05) is 32.0 Å². The minimum Gasteiger partial charge on any atom is -0.508 e. The summed E-state index contributed by atoms with van der Waals surface area (Å²) in [6.07, 6.45) is 0. The highest BCUT2D eigenvalue weighted by molar-refractivity contribution is 5.78. The highest BCUT2D eigenvalue weighted by Crippen LogP contribution is 2.33. The Labute approximate surface area is 107 Å². The second-order valence-electron chi connectivity index (χ2n) is 3.87. The summed E-state index contributed by atoms with van der Waals surface area (Å²) in [7, 11) is 0. The third-order valence-electron chi connectivity index (χ3n) is 2.76. The summed E-state index contributed by atoms with van der Waals surface area (Å²) < 4.78 is 0. The lowest BCUT2D eigenvalue weighted by Gasteiger charge is -2.08. The van der Waals surface area contributed by atoms with Crippen LogP contribution in [0.2, 0.25) is 0 Å². The van der Waals surface area contributed by atoms with Crippen LogP contribution in [-0.4, -0.2) is 5.11 Å². The number of para-hydroxylation sites is 1. The van der Waals surface area contributed by atoms with E-state index in [1.54, 1.807) is 12.1 Å². The molecule has 0 saturated carbocycles. The molecule has 0 bridgehead atoms. The van der Waals surface area contributed by atoms with Gasteiger partial charge < -0.3 is 15.7 Å². The molecule has 0 amide bonds. The number of hydrogen-bond acceptors (Lipinski definition) is 3. The van der Waals surface area contributed by atoms with Gasteiger partial charge in [-0.15, -0.1) is 0 Å². The van der Waals surface area contributed by atoms with Crippen LogP contribution in [0.1, 0.15) is 19.4 Å². The number of aromatic hydroxyl groups is 1. The van der Waals surface area contributed by atoms with Gasteiger partial charge in [0.25, 0.3) is 0 Å². The largest absolute Gasteiger partial charge is 0.508 e. The molecule has 1 heterocycles. The predicted octanol–water partition coefficient (Wildman–Crippen LogP) is 4.09. The number of hydrogen-bond donors (Lipinski definition) is 3. The van der Waals surface area contributed by atoms with Gasteiger partial charge in [-0.2, -0.15) is 0 Å². The molecule has 18 heavy (non-hydrogen) atoms. The Kier molecular flexibility index (Phi) is 3.72. The fourth-order valence-electron chi connectivity index (χ4n) is 1.92. The summed E-state index contributed by atoms with van der Waals surface area (Å²) in [5.41, 5.74) is 4.25. The molecular formula is C15H18N2O. The maximum Gasteiger partial charge on any atom is 0.117 e. The Morgan fingerprint density at radius 1 is 0.944 bits per heavy atom. The zero-order valence-corrected chi connectivity index (χ0v) is 10.7. The first-order valence-corrected chi connectivity index (χ1v) is 6.25. The zero-order valence-electron chi connectivity index (χ0n) is 10.7. The van der Waals surface area contributed by atoms with E-state index in [1.165, 1.54) is 5.56 Å². The third kappa shape index (κ3) is 2.40. The first-order chi connectivity index (χ1) is 8.83. The molecule has 0 unspecified atom stereocenters. The molecule has 2 aromatic carbocycles. The fraction of sp³-hybridized carbons (Fsp3) is 0.200. The number of phenolic OH excluding ortho intramolecular Hbond substituents is 1. The van der Waals surface area contributed by atoms with Crippen molar-refractivity contribution in [3.63, 3.8) is 0 Å². The first kappa shape index (κ1) is 12.3. The molecule has 3 rings (SSSR count). The van der Waals surface area contributed by atoms with Crippen molar-refractivity contribution in [1.29, 1.82) is 0 Å². The highest BCUT2D eigenvalue weighted by atomic mass is 16.3. The van der Waals surface area contributed by atoms with E-state index in [2.05, 4.69) is 22.8 Å². The number of anilines is 3. The summed E-state index contributed by atoms with van der Waals surface area (Å²) in [6.45, 7) is 4.76. The summed E-state index contributed by atoms with van der Waals surface area (Å²) >= 11 is 0. The van der Waals surface area contributed by atoms with Crippen LogP contribution >= 0.6 is 0 Å². The molecule has 3 heteroatoms. The Balaban J connectivity index is 0.000000574. The van der Waals surface area contributed by atoms with Gasteiger partial charge in [0, 0.05) is 18.3 Å². The van der Waals surface area contributed by atoms with Crippen LogP contribution < -0.4 is 10.6 Å². The SMILES string of the molecule is CC.Oc1ccc2c(c1)NCc1ccccc1N2. The van der Waals surface area contributed by atoms with Gasteiger partial charge in [-0.25, -0.2) is 0 Å². The normalized spacial score (nSPS) is 11.7. The van der Waals surface area contributed by atoms with Crippen molar-refractivity contribution in [3.05, 3.63) is 48.0 Å². The van der Waals surface area contributed by atoms with Gasteiger partial charge >= 0.3 is 0 Å². The molecule has 0 aliphatic carbocycles. The predicted molar refractivity (Wildman–Crippen MR) is 76.5 cm³/mol. The lowest BCUT2D eigenvalue weighted by atomic mass is 10.2. The molecule has 3 nitrogen and oxygen atoms in total. The van der Waals surface area contributed by atoms with Crippen molar-refractivity contribution in [1.82, 2.24) is 0 Å². The minimum absolute atomic E-state index is 0.277. The second kappa shape index (κ2) is 5.45. The van der Waals surface area contributed by atoms with E-state index in [9.17, 15) is 5.11 Å². The lowest BCUT2D eigenvalue weighted by Crippen LogP contribution is -1.96. The average Bonchev–Trinajstić information content (AvgIpc) is 2.60. The molecule has 1 aliphatic rings. The Bertz CT molecular complexity index is 538. The van der Waals surface area contributed by atoms with Crippen molar-refractivity contribution in [3.8, 4) is 5.75 Å². The van der Waals surface area contributed by atoms with Gasteiger partial charge in [-0.1, -0.05) is 32.0 Å². The molecule has 0 spiro atoms. The molecule has 0 saturated heterocycles. The Morgan fingerprint density at radius 3 is 2.56 bits per heavy atom. The van der Waals surface area contributed by atoms with Crippen LogP contribution in [0.3, 0.4) is 0 Å². The highest BCUT2D eigenvalue weighted by Gasteiger charge is 2.11. The van der Waals surface area contributed by atoms with E-state index in [4.69, 9.17) is 0 Å². The van der Waals surface area contributed by atoms with Crippen molar-refractivity contribution in [2.45, 2.75) is 20.4 Å². The maximum absolute atomic E-state index is 9.43. The number of rotatable bonds is 0. The summed E-state index contributed by atoms with van der Waals surface area (Å²) in [6, 6.07) is 13.5. The van der Waals surface area contributed by atoms with Gasteiger partial charge in [0.05, 0.1) is 11.4 Å². The monoisotopic (exact) mass is 242 g/mol. The van der Waals surface area contributed by atoms with Gasteiger partial charge in [-0.05, 0) is 23.8 Å². The second-order valence-corrected chi connectivity index (χ2v) is 3.87. The molecule has 3 N–H and O–H groups in total. The van der Waals surface area contributed by atoms with E-state index < -0.39 is 0 Å². The van der Waals surface area contributed by atoms with Crippen molar-refractivity contribution >= 4 is 17.1 Å². The van der Waals surface area contributed by atoms with E-state index >= 15 is 0 Å². The topological polar surface area (TPSA) is 44.3 Å². The molecule has 0 fully saturated rings. The van der Waals surface area contributed by atoms with Gasteiger partial charge in [0.2, 0.25) is 0 Å². The van der Waals surface area contributed by atoms with Gasteiger partial charge in [0.1, 0.15) is 5.75 Å². The lowest BCUT2D eigenvalue weighted by molar-refractivity contribution is 0.475. The Morgan fingerprint density at radius 2 is 1.72 bits per heavy atom. The van der Waals surface area contributed by atoms with Crippen LogP contribution in [0.15, 0.2) is 42.5 Å². The summed E-state index contributed by atoms with van der Waals surface area (Å²) in [4.78, 5) is 0. The smallest absolute Gasteiger partial charge is 0.117 e. The van der Waals surface area contributed by atoms with E-state index in [-0.39, 0.29) is 5.75 Å². The van der Waals surface area contributed by atoms with E-state index in [0.717, 1.165) is 23.6 Å². The summed E-state index contributed by atoms with van der Waals surface area (Å²) in [5.74, 6) is 0.277. The molecule has 0 atom stereocenters.